The number of nitrogens with zero attached hydrogens (tertiary/aromatic N) is 2. The van der Waals surface area contributed by atoms with Crippen LogP contribution in [0.4, 0.5) is 0 Å². The highest BCUT2D eigenvalue weighted by Crippen LogP contribution is 2.50. The number of aromatic nitrogens is 2. The molecule has 0 saturated carbocycles. The average molecular weight is 673 g/mol. The number of hydrogen-bond donors (Lipinski definition) is 0. The lowest BCUT2D eigenvalue weighted by atomic mass is 10.0. The second kappa shape index (κ2) is 9.81. The Balaban J connectivity index is 1.21. The van der Waals surface area contributed by atoms with E-state index in [4.69, 9.17) is 4.42 Å². The van der Waals surface area contributed by atoms with Gasteiger partial charge in [0.05, 0.1) is 27.5 Å². The zero-order valence-electron chi connectivity index (χ0n) is 28.5. The van der Waals surface area contributed by atoms with Crippen LogP contribution >= 0.6 is 0 Å². The zero-order chi connectivity index (χ0) is 34.4. The molecular weight excluding hydrogens is 645 g/mol. The van der Waals surface area contributed by atoms with Gasteiger partial charge in [0.1, 0.15) is 11.2 Å². The maximum atomic E-state index is 6.52. The molecule has 3 heterocycles. The smallest absolute Gasteiger partial charge is 0.137 e. The van der Waals surface area contributed by atoms with Crippen LogP contribution in [-0.2, 0) is 0 Å². The average Bonchev–Trinajstić information content (AvgIpc) is 3.95. The summed E-state index contributed by atoms with van der Waals surface area (Å²) in [5.74, 6) is 0. The summed E-state index contributed by atoms with van der Waals surface area (Å²) in [5, 5.41) is 12.3. The SMILES string of the molecule is c1ccc2cc(-n3c4ccc5c6ccccc6n(-c6ccc7c(c6)-c6cccc8cccc-7c68)c5c4c4ccc5oc6ccccc6c5c43)ccc2c1. The molecule has 13 rings (SSSR count). The second-order valence-electron chi connectivity index (χ2n) is 14.4. The van der Waals surface area contributed by atoms with Crippen LogP contribution in [-0.4, -0.2) is 9.13 Å². The molecule has 0 fully saturated rings. The molecule has 0 unspecified atom stereocenters. The Morgan fingerprint density at radius 2 is 1.00 bits per heavy atom. The van der Waals surface area contributed by atoms with Crippen LogP contribution in [0.15, 0.2) is 174 Å². The van der Waals surface area contributed by atoms with Crippen molar-refractivity contribution in [1.29, 1.82) is 0 Å². The third-order valence-corrected chi connectivity index (χ3v) is 11.8. The van der Waals surface area contributed by atoms with Gasteiger partial charge in [-0.05, 0) is 98.4 Å². The first-order chi connectivity index (χ1) is 26.3. The number of benzene rings is 9. The first-order valence-corrected chi connectivity index (χ1v) is 18.3. The van der Waals surface area contributed by atoms with E-state index in [0.29, 0.717) is 0 Å². The minimum atomic E-state index is 0.896. The fraction of sp³-hybridized carbons (Fsp3) is 0. The lowest BCUT2D eigenvalue weighted by Crippen LogP contribution is -1.96. The Morgan fingerprint density at radius 1 is 0.321 bits per heavy atom. The molecule has 0 amide bonds. The van der Waals surface area contributed by atoms with Gasteiger partial charge < -0.3 is 13.6 Å². The Hall–Kier alpha value is -7.10. The van der Waals surface area contributed by atoms with Crippen molar-refractivity contribution >= 4 is 87.1 Å². The minimum Gasteiger partial charge on any atom is -0.456 e. The molecule has 9 aromatic carbocycles. The number of para-hydroxylation sites is 2. The maximum Gasteiger partial charge on any atom is 0.137 e. The molecule has 1 aliphatic carbocycles. The van der Waals surface area contributed by atoms with Crippen LogP contribution in [0.5, 0.6) is 0 Å². The van der Waals surface area contributed by atoms with Crippen LogP contribution in [0.1, 0.15) is 0 Å². The van der Waals surface area contributed by atoms with Crippen molar-refractivity contribution in [2.24, 2.45) is 0 Å². The summed E-state index contributed by atoms with van der Waals surface area (Å²) < 4.78 is 11.5. The molecule has 3 heteroatoms. The van der Waals surface area contributed by atoms with Crippen molar-refractivity contribution in [1.82, 2.24) is 9.13 Å². The molecule has 0 spiro atoms. The summed E-state index contributed by atoms with van der Waals surface area (Å²) in [4.78, 5) is 0. The van der Waals surface area contributed by atoms with Crippen molar-refractivity contribution in [3.05, 3.63) is 170 Å². The fourth-order valence-corrected chi connectivity index (χ4v) is 9.62. The van der Waals surface area contributed by atoms with Gasteiger partial charge in [0, 0.05) is 38.3 Å². The lowest BCUT2D eigenvalue weighted by Gasteiger charge is -2.12. The molecule has 0 aliphatic heterocycles. The third-order valence-electron chi connectivity index (χ3n) is 11.8. The van der Waals surface area contributed by atoms with Gasteiger partial charge in [-0.3, -0.25) is 0 Å². The largest absolute Gasteiger partial charge is 0.456 e. The number of rotatable bonds is 2. The monoisotopic (exact) mass is 672 g/mol. The summed E-state index contributed by atoms with van der Waals surface area (Å²) in [5.41, 5.74) is 14.1. The quantitative estimate of drug-likeness (QED) is 0.179. The first kappa shape index (κ1) is 27.6. The van der Waals surface area contributed by atoms with Crippen LogP contribution in [0.25, 0.3) is 121 Å². The lowest BCUT2D eigenvalue weighted by molar-refractivity contribution is 0.669. The summed E-state index contributed by atoms with van der Waals surface area (Å²) in [6.07, 6.45) is 0. The van der Waals surface area contributed by atoms with Crippen molar-refractivity contribution < 1.29 is 4.42 Å². The van der Waals surface area contributed by atoms with Crippen LogP contribution in [0.2, 0.25) is 0 Å². The number of furan rings is 1. The Morgan fingerprint density at radius 3 is 1.91 bits per heavy atom. The van der Waals surface area contributed by atoms with Gasteiger partial charge in [0.25, 0.3) is 0 Å². The summed E-state index contributed by atoms with van der Waals surface area (Å²) in [6.45, 7) is 0. The summed E-state index contributed by atoms with van der Waals surface area (Å²) in [6, 6.07) is 62.3. The molecular formula is C50H28N2O. The summed E-state index contributed by atoms with van der Waals surface area (Å²) >= 11 is 0. The topological polar surface area (TPSA) is 23.0 Å². The minimum absolute atomic E-state index is 0.896. The third kappa shape index (κ3) is 3.49. The van der Waals surface area contributed by atoms with Crippen molar-refractivity contribution in [3.63, 3.8) is 0 Å². The van der Waals surface area contributed by atoms with Crippen molar-refractivity contribution in [2.75, 3.05) is 0 Å². The highest BCUT2D eigenvalue weighted by molar-refractivity contribution is 6.31. The zero-order valence-corrected chi connectivity index (χ0v) is 28.5. The number of fused-ring (bicyclic) bond motifs is 15. The molecule has 3 nitrogen and oxygen atoms in total. The van der Waals surface area contributed by atoms with E-state index < -0.39 is 0 Å². The first-order valence-electron chi connectivity index (χ1n) is 18.3. The van der Waals surface area contributed by atoms with Gasteiger partial charge >= 0.3 is 0 Å². The van der Waals surface area contributed by atoms with E-state index >= 15 is 0 Å². The predicted octanol–water partition coefficient (Wildman–Crippen LogP) is 13.7. The standard InChI is InChI=1S/C50H28N2O/c1-2-10-31-27-32(20-19-29(31)9-1)52-43-25-23-38-35-13-3-5-17-42(35)51(33-21-22-34-36-15-7-11-30-12-8-16-37(46(30)36)41(34)28-33)49(38)47(43)40-24-26-45-48(50(40)52)39-14-4-6-18-44(39)53-45/h1-28H. The van der Waals surface area contributed by atoms with Crippen LogP contribution < -0.4 is 0 Å². The molecule has 12 aromatic rings. The fourth-order valence-electron chi connectivity index (χ4n) is 9.62. The van der Waals surface area contributed by atoms with Crippen LogP contribution in [0.3, 0.4) is 0 Å². The van der Waals surface area contributed by atoms with E-state index in [2.05, 4.69) is 179 Å². The van der Waals surface area contributed by atoms with Gasteiger partial charge in [0.15, 0.2) is 0 Å². The van der Waals surface area contributed by atoms with Gasteiger partial charge in [-0.15, -0.1) is 0 Å². The highest BCUT2D eigenvalue weighted by atomic mass is 16.3. The van der Waals surface area contributed by atoms with E-state index in [9.17, 15) is 0 Å². The molecule has 0 N–H and O–H groups in total. The van der Waals surface area contributed by atoms with E-state index in [1.54, 1.807) is 0 Å². The Bertz CT molecular complexity index is 3570. The van der Waals surface area contributed by atoms with Crippen LogP contribution in [0, 0.1) is 0 Å². The molecule has 0 saturated heterocycles. The van der Waals surface area contributed by atoms with Crippen molar-refractivity contribution in [3.8, 4) is 33.6 Å². The van der Waals surface area contributed by atoms with Gasteiger partial charge in [0.2, 0.25) is 0 Å². The van der Waals surface area contributed by atoms with Crippen molar-refractivity contribution in [2.45, 2.75) is 0 Å². The molecule has 1 aliphatic rings. The number of hydrogen-bond acceptors (Lipinski definition) is 1. The molecule has 0 radical (unpaired) electrons. The molecule has 3 aromatic heterocycles. The van der Waals surface area contributed by atoms with E-state index in [1.807, 2.05) is 0 Å². The maximum absolute atomic E-state index is 6.52. The highest BCUT2D eigenvalue weighted by Gasteiger charge is 2.26. The normalized spacial score (nSPS) is 12.5. The molecule has 53 heavy (non-hydrogen) atoms. The molecule has 244 valence electrons. The molecule has 0 bridgehead atoms. The van der Waals surface area contributed by atoms with Gasteiger partial charge in [-0.1, -0.05) is 115 Å². The Labute approximate surface area is 303 Å². The van der Waals surface area contributed by atoms with E-state index in [0.717, 1.165) is 38.8 Å². The second-order valence-corrected chi connectivity index (χ2v) is 14.4. The predicted molar refractivity (Wildman–Crippen MR) is 222 cm³/mol. The van der Waals surface area contributed by atoms with Gasteiger partial charge in [-0.2, -0.15) is 0 Å². The van der Waals surface area contributed by atoms with Gasteiger partial charge in [-0.25, -0.2) is 0 Å². The van der Waals surface area contributed by atoms with E-state index in [1.165, 1.54) is 81.9 Å². The summed E-state index contributed by atoms with van der Waals surface area (Å²) in [7, 11) is 0. The molecule has 0 atom stereocenters. The van der Waals surface area contributed by atoms with E-state index in [-0.39, 0.29) is 0 Å². The Kier molecular flexibility index (Phi) is 5.11.